The second-order valence-electron chi connectivity index (χ2n) is 6.99. The zero-order chi connectivity index (χ0) is 17.6. The highest BCUT2D eigenvalue weighted by Crippen LogP contribution is 2.34. The summed E-state index contributed by atoms with van der Waals surface area (Å²) in [5, 5.41) is 6.96. The smallest absolute Gasteiger partial charge is 0.191 e. The first-order chi connectivity index (χ1) is 12.2. The zero-order valence-corrected chi connectivity index (χ0v) is 18.5. The topological polar surface area (TPSA) is 48.9 Å². The largest absolute Gasteiger partial charge is 0.373 e. The summed E-state index contributed by atoms with van der Waals surface area (Å²) >= 11 is 0. The number of nitrogens with one attached hydrogen (secondary N) is 2. The van der Waals surface area contributed by atoms with Crippen molar-refractivity contribution in [2.75, 3.05) is 31.1 Å². The fourth-order valence-electron chi connectivity index (χ4n) is 3.94. The predicted molar refractivity (Wildman–Crippen MR) is 120 cm³/mol. The number of ether oxygens (including phenoxy) is 1. The number of likely N-dealkylation sites (N-methyl/N-ethyl adjacent to an activating group) is 1. The van der Waals surface area contributed by atoms with Crippen LogP contribution in [0, 0.1) is 6.92 Å². The van der Waals surface area contributed by atoms with Gasteiger partial charge in [0.2, 0.25) is 0 Å². The summed E-state index contributed by atoms with van der Waals surface area (Å²) in [5.74, 6) is 0.921. The molecule has 3 atom stereocenters. The zero-order valence-electron chi connectivity index (χ0n) is 16.2. The van der Waals surface area contributed by atoms with Crippen LogP contribution >= 0.6 is 24.0 Å². The van der Waals surface area contributed by atoms with Gasteiger partial charge in [-0.2, -0.15) is 0 Å². The fraction of sp³-hybridized carbons (Fsp3) is 0.650. The van der Waals surface area contributed by atoms with Gasteiger partial charge in [-0.05, 0) is 51.7 Å². The number of hydrogen-bond donors (Lipinski definition) is 2. The number of rotatable bonds is 7. The molecule has 0 spiro atoms. The summed E-state index contributed by atoms with van der Waals surface area (Å²) in [4.78, 5) is 7.19. The molecule has 2 fully saturated rings. The second-order valence-corrected chi connectivity index (χ2v) is 6.99. The molecule has 0 amide bonds. The van der Waals surface area contributed by atoms with E-state index in [1.807, 2.05) is 0 Å². The second kappa shape index (κ2) is 10.3. The first kappa shape index (κ1) is 21.3. The predicted octanol–water partition coefficient (Wildman–Crippen LogP) is 3.31. The van der Waals surface area contributed by atoms with Gasteiger partial charge in [0.25, 0.3) is 0 Å². The Morgan fingerprint density at radius 3 is 2.69 bits per heavy atom. The highest BCUT2D eigenvalue weighted by molar-refractivity contribution is 14.0. The van der Waals surface area contributed by atoms with Gasteiger partial charge in [0, 0.05) is 25.3 Å². The van der Waals surface area contributed by atoms with Crippen LogP contribution in [0.1, 0.15) is 38.7 Å². The molecule has 26 heavy (non-hydrogen) atoms. The van der Waals surface area contributed by atoms with Crippen molar-refractivity contribution < 1.29 is 4.74 Å². The van der Waals surface area contributed by atoms with Gasteiger partial charge in [-0.15, -0.1) is 24.0 Å². The number of aliphatic imine (C=N–C) groups is 1. The molecule has 2 aliphatic rings. The van der Waals surface area contributed by atoms with Crippen molar-refractivity contribution in [2.45, 2.75) is 58.3 Å². The van der Waals surface area contributed by atoms with Gasteiger partial charge in [0.1, 0.15) is 0 Å². The Bertz CT molecular complexity index is 595. The molecule has 2 saturated heterocycles. The first-order valence-corrected chi connectivity index (χ1v) is 9.72. The molecular weight excluding hydrogens is 439 g/mol. The quantitative estimate of drug-likeness (QED) is 0.363. The SMILES string of the molecule is CCNC(=NCCN(CC)c1ccccc1C)NC1CC2CCC1O2.I. The third-order valence-electron chi connectivity index (χ3n) is 5.25. The molecule has 2 heterocycles. The number of hydrogen-bond acceptors (Lipinski definition) is 3. The molecule has 2 N–H and O–H groups in total. The molecular formula is C20H33IN4O. The highest BCUT2D eigenvalue weighted by atomic mass is 127. The monoisotopic (exact) mass is 472 g/mol. The lowest BCUT2D eigenvalue weighted by Crippen LogP contribution is -2.47. The maximum atomic E-state index is 5.94. The summed E-state index contributed by atoms with van der Waals surface area (Å²) in [6, 6.07) is 8.97. The minimum atomic E-state index is 0. The maximum Gasteiger partial charge on any atom is 0.191 e. The number of aryl methyl sites for hydroxylation is 1. The Morgan fingerprint density at radius 2 is 2.08 bits per heavy atom. The van der Waals surface area contributed by atoms with E-state index < -0.39 is 0 Å². The lowest BCUT2D eigenvalue weighted by atomic mass is 9.96. The Balaban J connectivity index is 0.00000243. The van der Waals surface area contributed by atoms with Crippen LogP contribution in [0.5, 0.6) is 0 Å². The third kappa shape index (κ3) is 5.25. The van der Waals surface area contributed by atoms with E-state index in [2.05, 4.69) is 60.6 Å². The Morgan fingerprint density at radius 1 is 1.27 bits per heavy atom. The Labute approximate surface area is 175 Å². The molecule has 2 aliphatic heterocycles. The van der Waals surface area contributed by atoms with Crippen molar-refractivity contribution in [1.82, 2.24) is 10.6 Å². The number of para-hydroxylation sites is 1. The van der Waals surface area contributed by atoms with Crippen LogP contribution in [0.25, 0.3) is 0 Å². The van der Waals surface area contributed by atoms with Crippen LogP contribution in [-0.4, -0.2) is 50.4 Å². The van der Waals surface area contributed by atoms with E-state index in [-0.39, 0.29) is 24.0 Å². The molecule has 0 aromatic heterocycles. The summed E-state index contributed by atoms with van der Waals surface area (Å²) in [6.45, 7) is 10.0. The molecule has 2 bridgehead atoms. The number of anilines is 1. The normalized spacial score (nSPS) is 24.3. The maximum absolute atomic E-state index is 5.94. The van der Waals surface area contributed by atoms with Gasteiger partial charge >= 0.3 is 0 Å². The van der Waals surface area contributed by atoms with Crippen molar-refractivity contribution >= 4 is 35.6 Å². The Hall–Kier alpha value is -1.02. The fourth-order valence-corrected chi connectivity index (χ4v) is 3.94. The van der Waals surface area contributed by atoms with Crippen molar-refractivity contribution in [3.05, 3.63) is 29.8 Å². The molecule has 6 heteroatoms. The number of fused-ring (bicyclic) bond motifs is 2. The molecule has 3 unspecified atom stereocenters. The van der Waals surface area contributed by atoms with E-state index in [0.29, 0.717) is 18.2 Å². The molecule has 0 radical (unpaired) electrons. The van der Waals surface area contributed by atoms with E-state index in [0.717, 1.165) is 38.6 Å². The molecule has 3 rings (SSSR count). The molecule has 1 aromatic rings. The van der Waals surface area contributed by atoms with Crippen LogP contribution in [0.3, 0.4) is 0 Å². The van der Waals surface area contributed by atoms with Crippen molar-refractivity contribution in [2.24, 2.45) is 4.99 Å². The van der Waals surface area contributed by atoms with Crippen molar-refractivity contribution in [3.8, 4) is 0 Å². The molecule has 146 valence electrons. The van der Waals surface area contributed by atoms with E-state index in [1.165, 1.54) is 24.1 Å². The van der Waals surface area contributed by atoms with E-state index in [9.17, 15) is 0 Å². The van der Waals surface area contributed by atoms with E-state index in [1.54, 1.807) is 0 Å². The average Bonchev–Trinajstić information content (AvgIpc) is 3.23. The molecule has 0 aliphatic carbocycles. The van der Waals surface area contributed by atoms with Crippen LogP contribution in [0.2, 0.25) is 0 Å². The van der Waals surface area contributed by atoms with Crippen LogP contribution in [0.15, 0.2) is 29.3 Å². The van der Waals surface area contributed by atoms with Crippen molar-refractivity contribution in [3.63, 3.8) is 0 Å². The van der Waals surface area contributed by atoms with Crippen LogP contribution in [-0.2, 0) is 4.74 Å². The number of guanidine groups is 1. The lowest BCUT2D eigenvalue weighted by Gasteiger charge is -2.25. The standard InChI is InChI=1S/C20H32N4O.HI/c1-4-21-20(23-17-14-16-10-11-19(17)25-16)22-12-13-24(5-2)18-9-7-6-8-15(18)3;/h6-9,16-17,19H,4-5,10-14H2,1-3H3,(H2,21,22,23);1H. The van der Waals surface area contributed by atoms with E-state index in [4.69, 9.17) is 9.73 Å². The lowest BCUT2D eigenvalue weighted by molar-refractivity contribution is 0.0992. The summed E-state index contributed by atoms with van der Waals surface area (Å²) in [7, 11) is 0. The Kier molecular flexibility index (Phi) is 8.47. The van der Waals surface area contributed by atoms with Gasteiger partial charge in [-0.25, -0.2) is 0 Å². The van der Waals surface area contributed by atoms with Gasteiger partial charge in [0.05, 0.1) is 24.8 Å². The number of nitrogens with zero attached hydrogens (tertiary/aromatic N) is 2. The minimum absolute atomic E-state index is 0. The van der Waals surface area contributed by atoms with Crippen LogP contribution in [0.4, 0.5) is 5.69 Å². The van der Waals surface area contributed by atoms with Gasteiger partial charge in [-0.1, -0.05) is 18.2 Å². The highest BCUT2D eigenvalue weighted by Gasteiger charge is 2.41. The summed E-state index contributed by atoms with van der Waals surface area (Å²) in [6.07, 6.45) is 4.34. The first-order valence-electron chi connectivity index (χ1n) is 9.72. The third-order valence-corrected chi connectivity index (χ3v) is 5.25. The van der Waals surface area contributed by atoms with Crippen molar-refractivity contribution in [1.29, 1.82) is 0 Å². The minimum Gasteiger partial charge on any atom is -0.373 e. The summed E-state index contributed by atoms with van der Waals surface area (Å²) in [5.41, 5.74) is 2.62. The summed E-state index contributed by atoms with van der Waals surface area (Å²) < 4.78 is 5.94. The van der Waals surface area contributed by atoms with Gasteiger partial charge in [0.15, 0.2) is 5.96 Å². The molecule has 1 aromatic carbocycles. The average molecular weight is 472 g/mol. The van der Waals surface area contributed by atoms with Gasteiger partial charge < -0.3 is 20.3 Å². The number of halogens is 1. The van der Waals surface area contributed by atoms with E-state index >= 15 is 0 Å². The van der Waals surface area contributed by atoms with Gasteiger partial charge in [-0.3, -0.25) is 4.99 Å². The number of benzene rings is 1. The van der Waals surface area contributed by atoms with Crippen LogP contribution < -0.4 is 15.5 Å². The molecule has 0 saturated carbocycles. The molecule has 5 nitrogen and oxygen atoms in total.